The average Bonchev–Trinajstić information content (AvgIpc) is 3.26. The van der Waals surface area contributed by atoms with Gasteiger partial charge < -0.3 is 25.6 Å². The first kappa shape index (κ1) is 23.0. The number of rotatable bonds is 9. The number of nitrogens with one attached hydrogen (secondary N) is 3. The van der Waals surface area contributed by atoms with Crippen molar-refractivity contribution in [2.24, 2.45) is 5.92 Å². The fraction of sp³-hybridized carbons (Fsp3) is 0.292. The zero-order chi connectivity index (χ0) is 23.9. The summed E-state index contributed by atoms with van der Waals surface area (Å²) in [6.45, 7) is 3.22. The molecule has 1 aromatic carbocycles. The van der Waals surface area contributed by atoms with Crippen LogP contribution in [0.25, 0.3) is 0 Å². The molecule has 0 saturated carbocycles. The van der Waals surface area contributed by atoms with Crippen LogP contribution in [-0.2, 0) is 9.59 Å². The first-order valence-electron chi connectivity index (χ1n) is 11.0. The quantitative estimate of drug-likeness (QED) is 0.416. The number of carbonyl (C=O) groups excluding carboxylic acids is 2. The lowest BCUT2D eigenvalue weighted by atomic mass is 10.1. The molecule has 0 spiro atoms. The summed E-state index contributed by atoms with van der Waals surface area (Å²) in [5, 5.41) is 17.4. The Hall–Kier alpha value is -4.21. The van der Waals surface area contributed by atoms with Crippen LogP contribution in [0.1, 0.15) is 12.0 Å². The topological polar surface area (TPSA) is 121 Å². The normalized spacial score (nSPS) is 15.2. The molecule has 1 unspecified atom stereocenters. The van der Waals surface area contributed by atoms with E-state index in [4.69, 9.17) is 4.74 Å². The fourth-order valence-corrected chi connectivity index (χ4v) is 3.58. The van der Waals surface area contributed by atoms with Gasteiger partial charge in [-0.1, -0.05) is 6.07 Å². The molecule has 1 aliphatic rings. The summed E-state index contributed by atoms with van der Waals surface area (Å²) >= 11 is 0. The lowest BCUT2D eigenvalue weighted by Gasteiger charge is -2.17. The van der Waals surface area contributed by atoms with Gasteiger partial charge in [0, 0.05) is 37.9 Å². The average molecular weight is 462 g/mol. The summed E-state index contributed by atoms with van der Waals surface area (Å²) in [4.78, 5) is 30.8. The Kier molecular flexibility index (Phi) is 7.16. The minimum absolute atomic E-state index is 0.0618. The Labute approximate surface area is 197 Å². The number of pyridine rings is 1. The molecule has 2 amide bonds. The molecule has 1 aliphatic heterocycles. The number of carbonyl (C=O) groups is 2. The second-order valence-corrected chi connectivity index (χ2v) is 7.97. The molecule has 3 heterocycles. The van der Waals surface area contributed by atoms with Gasteiger partial charge in [-0.15, -0.1) is 10.2 Å². The Balaban J connectivity index is 1.19. The fourth-order valence-electron chi connectivity index (χ4n) is 3.58. The van der Waals surface area contributed by atoms with Gasteiger partial charge in [0.15, 0.2) is 5.82 Å². The molecule has 3 aromatic rings. The Morgan fingerprint density at radius 1 is 1.03 bits per heavy atom. The number of aryl methyl sites for hydroxylation is 1. The van der Waals surface area contributed by atoms with Gasteiger partial charge in [0.25, 0.3) is 0 Å². The van der Waals surface area contributed by atoms with Crippen molar-refractivity contribution in [1.29, 1.82) is 0 Å². The third kappa shape index (κ3) is 5.77. The van der Waals surface area contributed by atoms with Gasteiger partial charge in [-0.3, -0.25) is 9.59 Å². The zero-order valence-electron chi connectivity index (χ0n) is 19.1. The zero-order valence-corrected chi connectivity index (χ0v) is 19.1. The monoisotopic (exact) mass is 461 g/mol. The third-order valence-electron chi connectivity index (χ3n) is 5.44. The van der Waals surface area contributed by atoms with E-state index in [2.05, 4.69) is 31.1 Å². The van der Waals surface area contributed by atoms with E-state index >= 15 is 0 Å². The van der Waals surface area contributed by atoms with Crippen LogP contribution in [-0.4, -0.2) is 53.7 Å². The highest BCUT2D eigenvalue weighted by Crippen LogP contribution is 2.26. The smallest absolute Gasteiger partial charge is 0.227 e. The number of nitrogens with zero attached hydrogens (tertiary/aromatic N) is 4. The number of hydrogen-bond acceptors (Lipinski definition) is 8. The molecular weight excluding hydrogens is 434 g/mol. The van der Waals surface area contributed by atoms with Crippen LogP contribution in [0.3, 0.4) is 0 Å². The van der Waals surface area contributed by atoms with E-state index in [-0.39, 0.29) is 24.2 Å². The summed E-state index contributed by atoms with van der Waals surface area (Å²) in [5.41, 5.74) is 1.84. The summed E-state index contributed by atoms with van der Waals surface area (Å²) in [6, 6.07) is 14.7. The molecule has 34 heavy (non-hydrogen) atoms. The van der Waals surface area contributed by atoms with Gasteiger partial charge in [0.1, 0.15) is 17.4 Å². The van der Waals surface area contributed by atoms with Crippen molar-refractivity contribution in [3.8, 4) is 5.75 Å². The molecule has 0 radical (unpaired) electrons. The second kappa shape index (κ2) is 10.6. The van der Waals surface area contributed by atoms with E-state index < -0.39 is 0 Å². The van der Waals surface area contributed by atoms with Gasteiger partial charge in [-0.05, 0) is 55.0 Å². The van der Waals surface area contributed by atoms with E-state index in [0.29, 0.717) is 37.1 Å². The number of hydrogen-bond donors (Lipinski definition) is 3. The largest absolute Gasteiger partial charge is 0.497 e. The highest BCUT2D eigenvalue weighted by Gasteiger charge is 2.34. The van der Waals surface area contributed by atoms with Gasteiger partial charge in [-0.25, -0.2) is 4.98 Å². The van der Waals surface area contributed by atoms with E-state index in [9.17, 15) is 9.59 Å². The van der Waals surface area contributed by atoms with E-state index in [1.165, 1.54) is 0 Å². The molecule has 0 bridgehead atoms. The molecule has 10 nitrogen and oxygen atoms in total. The summed E-state index contributed by atoms with van der Waals surface area (Å²) in [5.74, 6) is 2.02. The maximum absolute atomic E-state index is 12.5. The predicted octanol–water partition coefficient (Wildman–Crippen LogP) is 2.51. The SMILES string of the molecule is COc1ccc(N2CC(C(=O)NCCNc3ccc(Nc4ccc(C)cn4)nn3)CC2=O)cc1. The molecule has 3 N–H and O–H groups in total. The van der Waals surface area contributed by atoms with Gasteiger partial charge in [0.2, 0.25) is 11.8 Å². The number of amides is 2. The summed E-state index contributed by atoms with van der Waals surface area (Å²) in [7, 11) is 1.59. The summed E-state index contributed by atoms with van der Waals surface area (Å²) in [6.07, 6.45) is 1.97. The first-order chi connectivity index (χ1) is 16.5. The lowest BCUT2D eigenvalue weighted by molar-refractivity contribution is -0.126. The minimum Gasteiger partial charge on any atom is -0.497 e. The highest BCUT2D eigenvalue weighted by molar-refractivity contribution is 6.00. The number of anilines is 4. The Morgan fingerprint density at radius 2 is 1.76 bits per heavy atom. The lowest BCUT2D eigenvalue weighted by Crippen LogP contribution is -2.35. The van der Waals surface area contributed by atoms with Gasteiger partial charge >= 0.3 is 0 Å². The van der Waals surface area contributed by atoms with Crippen molar-refractivity contribution in [1.82, 2.24) is 20.5 Å². The van der Waals surface area contributed by atoms with Crippen molar-refractivity contribution in [3.63, 3.8) is 0 Å². The van der Waals surface area contributed by atoms with Crippen LogP contribution in [0.4, 0.5) is 23.1 Å². The maximum Gasteiger partial charge on any atom is 0.227 e. The first-order valence-corrected chi connectivity index (χ1v) is 11.0. The second-order valence-electron chi connectivity index (χ2n) is 7.97. The van der Waals surface area contributed by atoms with Crippen LogP contribution < -0.4 is 25.6 Å². The number of ether oxygens (including phenoxy) is 1. The van der Waals surface area contributed by atoms with Crippen LogP contribution in [0.15, 0.2) is 54.7 Å². The van der Waals surface area contributed by atoms with Crippen LogP contribution in [0.2, 0.25) is 0 Å². The number of methoxy groups -OCH3 is 1. The molecule has 1 atom stereocenters. The van der Waals surface area contributed by atoms with Crippen molar-refractivity contribution in [3.05, 3.63) is 60.3 Å². The molecule has 0 aliphatic carbocycles. The van der Waals surface area contributed by atoms with Crippen LogP contribution in [0.5, 0.6) is 5.75 Å². The van der Waals surface area contributed by atoms with Crippen molar-refractivity contribution in [2.75, 3.05) is 42.3 Å². The standard InChI is InChI=1S/C24H27N7O3/c1-16-3-8-20(27-14-16)28-22-10-9-21(29-30-22)25-11-12-26-24(33)17-13-23(32)31(15-17)18-4-6-19(34-2)7-5-18/h3-10,14,17H,11-13,15H2,1-2H3,(H,25,29)(H,26,33)(H,27,28,30). The van der Waals surface area contributed by atoms with Gasteiger partial charge in [0.05, 0.1) is 13.0 Å². The van der Waals surface area contributed by atoms with Crippen molar-refractivity contribution < 1.29 is 14.3 Å². The third-order valence-corrected chi connectivity index (χ3v) is 5.44. The molecule has 1 saturated heterocycles. The molecule has 4 rings (SSSR count). The van der Waals surface area contributed by atoms with E-state index in [1.54, 1.807) is 42.5 Å². The summed E-state index contributed by atoms with van der Waals surface area (Å²) < 4.78 is 5.15. The Morgan fingerprint density at radius 3 is 2.44 bits per heavy atom. The molecular formula is C24H27N7O3. The number of aromatic nitrogens is 3. The van der Waals surface area contributed by atoms with Crippen molar-refractivity contribution >= 4 is 35.0 Å². The van der Waals surface area contributed by atoms with Crippen molar-refractivity contribution in [2.45, 2.75) is 13.3 Å². The minimum atomic E-state index is -0.380. The van der Waals surface area contributed by atoms with Crippen LogP contribution in [0, 0.1) is 12.8 Å². The Bertz CT molecular complexity index is 1120. The molecule has 1 fully saturated rings. The number of benzene rings is 1. The van der Waals surface area contributed by atoms with E-state index in [1.807, 2.05) is 31.2 Å². The predicted molar refractivity (Wildman–Crippen MR) is 129 cm³/mol. The van der Waals surface area contributed by atoms with Gasteiger partial charge in [-0.2, -0.15) is 0 Å². The maximum atomic E-state index is 12.5. The molecule has 176 valence electrons. The van der Waals surface area contributed by atoms with Crippen LogP contribution >= 0.6 is 0 Å². The molecule has 10 heteroatoms. The molecule has 2 aromatic heterocycles. The highest BCUT2D eigenvalue weighted by atomic mass is 16.5. The van der Waals surface area contributed by atoms with E-state index in [0.717, 1.165) is 17.0 Å².